The quantitative estimate of drug-likeness (QED) is 0.0109. The summed E-state index contributed by atoms with van der Waals surface area (Å²) in [5.74, 6) is -3.13. The summed E-state index contributed by atoms with van der Waals surface area (Å²) in [6.45, 7) is 5.52. The van der Waals surface area contributed by atoms with Crippen molar-refractivity contribution in [1.82, 2.24) is 9.38 Å². The van der Waals surface area contributed by atoms with Gasteiger partial charge >= 0.3 is 0 Å². The number of fused-ring (bicyclic) bond motifs is 3. The fraction of sp³-hybridized carbons (Fsp3) is 0.269. The number of azo groups is 4. The summed E-state index contributed by atoms with van der Waals surface area (Å²) in [4.78, 5) is 29.8. The van der Waals surface area contributed by atoms with Crippen molar-refractivity contribution >= 4 is 161 Å². The standard InChI is InChI=1S/C52H52ClN13O16S6/c1-29-21-42(62-65-50-30(2)34(28-54)51-57-36-11-5-6-12-45(36)66(51)52(50)69)46(82-15-7-8-18-85(70,71)72)25-37(29)59-63-43-24-39(56-32(4)68)41(27-48(43)84-17-10-20-87(76,77)78)61-64-44-23-38(55-31(3)67)40(26-47(44)83-16-9-19-86(73,74)75)60-58-33-13-14-35(53)49(22-33)88(79,80)81/h5-6,11-14,21-27,69H,7-10,15-20H2,1-4H3,(H,55,67)(H,56,68)(H,70,71,72)(H,73,74,75)(H,76,77,78)(H,79,80,81). The molecule has 0 unspecified atom stereocenters. The largest absolute Gasteiger partial charge is 0.493 e. The number of hydrogen-bond donors (Lipinski definition) is 7. The molecule has 29 nitrogen and oxygen atoms in total. The second-order valence-corrected chi connectivity index (χ2v) is 27.7. The minimum absolute atomic E-state index is 0.00799. The van der Waals surface area contributed by atoms with Crippen LogP contribution in [0, 0.1) is 25.2 Å². The molecule has 0 fully saturated rings. The Morgan fingerprint density at radius 3 is 1.72 bits per heavy atom. The molecule has 464 valence electrons. The number of hydrogen-bond acceptors (Lipinski definition) is 24. The highest BCUT2D eigenvalue weighted by atomic mass is 35.5. The summed E-state index contributed by atoms with van der Waals surface area (Å²) in [5.41, 5.74) is 2.19. The number of halogens is 1. The Kier molecular flexibility index (Phi) is 22.2. The molecule has 36 heteroatoms. The van der Waals surface area contributed by atoms with Gasteiger partial charge in [-0.3, -0.25) is 32.2 Å². The second kappa shape index (κ2) is 29.0. The van der Waals surface area contributed by atoms with Crippen LogP contribution in [0.3, 0.4) is 0 Å². The van der Waals surface area contributed by atoms with Gasteiger partial charge in [0.05, 0.1) is 62.7 Å². The van der Waals surface area contributed by atoms with Gasteiger partial charge < -0.3 is 20.5 Å². The fourth-order valence-electron chi connectivity index (χ4n) is 8.03. The molecule has 0 saturated heterocycles. The number of para-hydroxylation sites is 2. The van der Waals surface area contributed by atoms with Crippen LogP contribution >= 0.6 is 35.1 Å². The van der Waals surface area contributed by atoms with E-state index in [-0.39, 0.29) is 144 Å². The zero-order valence-corrected chi connectivity index (χ0v) is 52.2. The minimum Gasteiger partial charge on any atom is -0.493 e. The van der Waals surface area contributed by atoms with E-state index in [9.17, 15) is 71.8 Å². The van der Waals surface area contributed by atoms with Crippen LogP contribution in [0.2, 0.25) is 5.02 Å². The van der Waals surface area contributed by atoms with Crippen molar-refractivity contribution in [3.63, 3.8) is 0 Å². The van der Waals surface area contributed by atoms with Crippen molar-refractivity contribution in [2.24, 2.45) is 40.9 Å². The van der Waals surface area contributed by atoms with E-state index in [4.69, 9.17) is 16.3 Å². The molecular formula is C52H52ClN13O16S6. The van der Waals surface area contributed by atoms with Crippen LogP contribution in [-0.4, -0.2) is 114 Å². The number of imidazole rings is 1. The average molecular weight is 1340 g/mol. The van der Waals surface area contributed by atoms with E-state index >= 15 is 0 Å². The SMILES string of the molecule is CC(=O)Nc1cc(N=Nc2cc(SCCCS(=O)(=O)O)c(N=Nc3cc(OCCCCS(=O)(=O)O)c(N=Nc4c(C)c(C#N)c5nc6ccccc6n5c4O)cc3C)cc2NC(C)=O)c(SCCCS(=O)(=O)O)cc1N=Nc1ccc(Cl)c(S(=O)(=O)O)c1. The molecule has 7 aromatic rings. The monoisotopic (exact) mass is 1340 g/mol. The van der Waals surface area contributed by atoms with Gasteiger partial charge in [0.1, 0.15) is 50.7 Å². The first-order valence-corrected chi connectivity index (χ1v) is 34.3. The zero-order valence-electron chi connectivity index (χ0n) is 46.6. The Morgan fingerprint density at radius 2 is 1.17 bits per heavy atom. The number of anilines is 2. The molecule has 0 aliphatic rings. The minimum atomic E-state index is -4.78. The number of aromatic nitrogens is 2. The van der Waals surface area contributed by atoms with Gasteiger partial charge in [0.2, 0.25) is 17.7 Å². The fourth-order valence-corrected chi connectivity index (χ4v) is 12.9. The summed E-state index contributed by atoms with van der Waals surface area (Å²) in [6, 6.07) is 21.0. The number of amides is 2. The van der Waals surface area contributed by atoms with Gasteiger partial charge in [-0.05, 0) is 117 Å². The summed E-state index contributed by atoms with van der Waals surface area (Å²) >= 11 is 8.07. The number of ether oxygens (including phenoxy) is 1. The lowest BCUT2D eigenvalue weighted by molar-refractivity contribution is -0.115. The third kappa shape index (κ3) is 18.8. The van der Waals surface area contributed by atoms with Crippen LogP contribution in [0.25, 0.3) is 16.7 Å². The normalized spacial score (nSPS) is 12.5. The van der Waals surface area contributed by atoms with Crippen LogP contribution in [0.4, 0.5) is 56.9 Å². The molecule has 2 aromatic heterocycles. The van der Waals surface area contributed by atoms with Crippen molar-refractivity contribution in [3.8, 4) is 17.7 Å². The van der Waals surface area contributed by atoms with Gasteiger partial charge in [0, 0.05) is 35.3 Å². The number of nitrogens with one attached hydrogen (secondary N) is 2. The molecule has 0 radical (unpaired) electrons. The molecule has 5 aromatic carbocycles. The lowest BCUT2D eigenvalue weighted by Gasteiger charge is -2.13. The Bertz CT molecular complexity index is 4540. The Morgan fingerprint density at radius 1 is 0.648 bits per heavy atom. The first kappa shape index (κ1) is 67.6. The molecular weight excluding hydrogens is 1290 g/mol. The van der Waals surface area contributed by atoms with Crippen molar-refractivity contribution in [2.45, 2.75) is 68.1 Å². The highest BCUT2D eigenvalue weighted by Gasteiger charge is 2.23. The van der Waals surface area contributed by atoms with E-state index in [0.717, 1.165) is 35.7 Å². The van der Waals surface area contributed by atoms with Crippen LogP contribution in [-0.2, 0) is 50.1 Å². The second-order valence-electron chi connectivity index (χ2n) is 18.9. The number of benzene rings is 5. The van der Waals surface area contributed by atoms with Crippen molar-refractivity contribution in [3.05, 3.63) is 101 Å². The number of rotatable bonds is 27. The van der Waals surface area contributed by atoms with E-state index in [1.54, 1.807) is 38.1 Å². The molecule has 88 heavy (non-hydrogen) atoms. The molecule has 7 N–H and O–H groups in total. The van der Waals surface area contributed by atoms with E-state index in [2.05, 4.69) is 62.6 Å². The molecule has 2 heterocycles. The predicted molar refractivity (Wildman–Crippen MR) is 329 cm³/mol. The number of carbonyl (C=O) groups is 2. The number of aromatic hydroxyl groups is 1. The smallest absolute Gasteiger partial charge is 0.296 e. The lowest BCUT2D eigenvalue weighted by atomic mass is 10.1. The van der Waals surface area contributed by atoms with Crippen molar-refractivity contribution in [1.29, 1.82) is 5.26 Å². The first-order chi connectivity index (χ1) is 41.4. The van der Waals surface area contributed by atoms with Gasteiger partial charge in [-0.25, -0.2) is 4.98 Å². The van der Waals surface area contributed by atoms with E-state index in [1.165, 1.54) is 60.7 Å². The molecule has 2 amide bonds. The average Bonchev–Trinajstić information content (AvgIpc) is 1.58. The maximum atomic E-state index is 12.8. The maximum Gasteiger partial charge on any atom is 0.296 e. The summed E-state index contributed by atoms with van der Waals surface area (Å²) in [6.07, 6.45) is 0.0457. The van der Waals surface area contributed by atoms with Crippen LogP contribution in [0.5, 0.6) is 11.6 Å². The molecule has 7 rings (SSSR count). The Hall–Kier alpha value is -7.89. The van der Waals surface area contributed by atoms with Gasteiger partial charge in [0.15, 0.2) is 11.3 Å². The van der Waals surface area contributed by atoms with Crippen LogP contribution in [0.15, 0.2) is 134 Å². The number of pyridine rings is 1. The number of aryl methyl sites for hydroxylation is 1. The van der Waals surface area contributed by atoms with Gasteiger partial charge in [-0.15, -0.1) is 54.2 Å². The first-order valence-electron chi connectivity index (χ1n) is 25.6. The molecule has 0 aliphatic heterocycles. The van der Waals surface area contributed by atoms with Gasteiger partial charge in [0.25, 0.3) is 40.5 Å². The van der Waals surface area contributed by atoms with Crippen LogP contribution < -0.4 is 15.4 Å². The van der Waals surface area contributed by atoms with Crippen molar-refractivity contribution in [2.75, 3.05) is 46.0 Å². The molecule has 0 bridgehead atoms. The summed E-state index contributed by atoms with van der Waals surface area (Å²) < 4.78 is 139. The summed E-state index contributed by atoms with van der Waals surface area (Å²) in [5, 5.41) is 61.8. The predicted octanol–water partition coefficient (Wildman–Crippen LogP) is 12.9. The maximum absolute atomic E-state index is 12.8. The number of nitrogens with zero attached hydrogens (tertiary/aromatic N) is 11. The van der Waals surface area contributed by atoms with E-state index in [0.29, 0.717) is 16.6 Å². The number of nitriles is 1. The Labute approximate surface area is 516 Å². The molecule has 0 saturated carbocycles. The molecule has 0 spiro atoms. The zero-order chi connectivity index (χ0) is 64.3. The lowest BCUT2D eigenvalue weighted by Crippen LogP contribution is -2.06. The van der Waals surface area contributed by atoms with Gasteiger partial charge in [-0.1, -0.05) is 23.7 Å². The number of carbonyl (C=O) groups excluding carboxylic acids is 2. The highest BCUT2D eigenvalue weighted by molar-refractivity contribution is 7.99. The summed E-state index contributed by atoms with van der Waals surface area (Å²) in [7, 11) is -17.8. The van der Waals surface area contributed by atoms with Gasteiger partial charge in [-0.2, -0.15) is 49.2 Å². The topological polar surface area (TPSA) is 445 Å². The molecule has 0 aliphatic carbocycles. The van der Waals surface area contributed by atoms with Crippen LogP contribution in [0.1, 0.15) is 56.2 Å². The van der Waals surface area contributed by atoms with Crippen molar-refractivity contribution < 1.29 is 71.3 Å². The van der Waals surface area contributed by atoms with E-state index in [1.807, 2.05) is 0 Å². The number of unbranched alkanes of at least 4 members (excludes halogenated alkanes) is 1. The number of thioether (sulfide) groups is 2. The molecule has 0 atom stereocenters. The van der Waals surface area contributed by atoms with E-state index < -0.39 is 74.4 Å². The highest BCUT2D eigenvalue weighted by Crippen LogP contribution is 2.46. The third-order valence-electron chi connectivity index (χ3n) is 12.0. The third-order valence-corrected chi connectivity index (χ3v) is 18.0. The Balaban J connectivity index is 1.32.